The van der Waals surface area contributed by atoms with Crippen LogP contribution in [0.25, 0.3) is 0 Å². The summed E-state index contributed by atoms with van der Waals surface area (Å²) in [5.41, 5.74) is 1.67. The molecule has 0 radical (unpaired) electrons. The first-order chi connectivity index (χ1) is 11.6. The molecule has 1 aromatic carbocycles. The minimum Gasteiger partial charge on any atom is -0.350 e. The number of nitrogens with one attached hydrogen (secondary N) is 2. The fourth-order valence-corrected chi connectivity index (χ4v) is 2.14. The summed E-state index contributed by atoms with van der Waals surface area (Å²) < 4.78 is 0. The van der Waals surface area contributed by atoms with E-state index in [-0.39, 0.29) is 29.2 Å². The van der Waals surface area contributed by atoms with Gasteiger partial charge in [-0.1, -0.05) is 43.3 Å². The summed E-state index contributed by atoms with van der Waals surface area (Å²) in [4.78, 5) is 28.4. The molecule has 1 heterocycles. The van der Waals surface area contributed by atoms with Crippen LogP contribution in [0.2, 0.25) is 0 Å². The first-order valence-corrected chi connectivity index (χ1v) is 8.20. The van der Waals surface area contributed by atoms with Crippen LogP contribution in [0.5, 0.6) is 0 Å². The van der Waals surface area contributed by atoms with Crippen LogP contribution in [0.3, 0.4) is 0 Å². The monoisotopic (exact) mass is 325 g/mol. The molecule has 1 atom stereocenters. The minimum atomic E-state index is -0.274. The Morgan fingerprint density at radius 2 is 1.67 bits per heavy atom. The van der Waals surface area contributed by atoms with Crippen molar-refractivity contribution >= 4 is 11.8 Å². The van der Waals surface area contributed by atoms with Crippen molar-refractivity contribution in [3.05, 3.63) is 65.5 Å². The molecule has 1 aromatic heterocycles. The predicted octanol–water partition coefficient (Wildman–Crippen LogP) is 2.58. The second-order valence-electron chi connectivity index (χ2n) is 5.68. The maximum absolute atomic E-state index is 12.2. The zero-order valence-electron chi connectivity index (χ0n) is 14.1. The molecule has 1 unspecified atom stereocenters. The van der Waals surface area contributed by atoms with Crippen molar-refractivity contribution in [2.75, 3.05) is 6.54 Å². The quantitative estimate of drug-likeness (QED) is 0.822. The summed E-state index contributed by atoms with van der Waals surface area (Å²) in [6, 6.07) is 14.9. The highest BCUT2D eigenvalue weighted by Gasteiger charge is 2.13. The van der Waals surface area contributed by atoms with E-state index < -0.39 is 0 Å². The molecule has 126 valence electrons. The molecule has 0 aliphatic carbocycles. The Bertz CT molecular complexity index is 686. The van der Waals surface area contributed by atoms with Crippen molar-refractivity contribution in [2.45, 2.75) is 32.7 Å². The van der Waals surface area contributed by atoms with E-state index in [0.717, 1.165) is 18.4 Å². The maximum Gasteiger partial charge on any atom is 0.270 e. The van der Waals surface area contributed by atoms with Crippen LogP contribution >= 0.6 is 0 Å². The molecule has 0 aliphatic rings. The van der Waals surface area contributed by atoms with Gasteiger partial charge in [0.1, 0.15) is 11.4 Å². The number of nitrogens with zero attached hydrogens (tertiary/aromatic N) is 1. The van der Waals surface area contributed by atoms with Gasteiger partial charge < -0.3 is 10.6 Å². The Kier molecular flexibility index (Phi) is 6.49. The number of hydrogen-bond donors (Lipinski definition) is 2. The molecule has 0 bridgehead atoms. The third-order valence-electron chi connectivity index (χ3n) is 3.75. The Hall–Kier alpha value is -2.69. The van der Waals surface area contributed by atoms with Crippen molar-refractivity contribution in [3.63, 3.8) is 0 Å². The average molecular weight is 325 g/mol. The van der Waals surface area contributed by atoms with Gasteiger partial charge in [0.25, 0.3) is 11.8 Å². The van der Waals surface area contributed by atoms with Gasteiger partial charge >= 0.3 is 0 Å². The lowest BCUT2D eigenvalue weighted by atomic mass is 10.1. The van der Waals surface area contributed by atoms with E-state index in [2.05, 4.69) is 15.6 Å². The summed E-state index contributed by atoms with van der Waals surface area (Å²) in [5, 5.41) is 5.68. The smallest absolute Gasteiger partial charge is 0.270 e. The first-order valence-electron chi connectivity index (χ1n) is 8.20. The first kappa shape index (κ1) is 17.7. The molecule has 0 fully saturated rings. The highest BCUT2D eigenvalue weighted by Crippen LogP contribution is 2.02. The van der Waals surface area contributed by atoms with Gasteiger partial charge in [-0.05, 0) is 37.5 Å². The van der Waals surface area contributed by atoms with Crippen LogP contribution in [-0.4, -0.2) is 29.4 Å². The second kappa shape index (κ2) is 8.82. The van der Waals surface area contributed by atoms with Crippen molar-refractivity contribution < 1.29 is 9.59 Å². The lowest BCUT2D eigenvalue weighted by Gasteiger charge is -2.11. The van der Waals surface area contributed by atoms with Crippen molar-refractivity contribution in [2.24, 2.45) is 0 Å². The molecule has 0 saturated carbocycles. The maximum atomic E-state index is 12.2. The van der Waals surface area contributed by atoms with Crippen LogP contribution in [-0.2, 0) is 6.42 Å². The normalized spacial score (nSPS) is 11.6. The van der Waals surface area contributed by atoms with Crippen LogP contribution in [0.15, 0.2) is 48.5 Å². The standard InChI is InChI=1S/C19H23N3O2/c1-3-14(2)21-19(24)17-11-7-10-16(22-17)18(23)20-13-12-15-8-5-4-6-9-15/h4-11,14H,3,12-13H2,1-2H3,(H,20,23)(H,21,24). The minimum absolute atomic E-state index is 0.0719. The van der Waals surface area contributed by atoms with E-state index in [0.29, 0.717) is 6.54 Å². The zero-order chi connectivity index (χ0) is 17.4. The molecule has 5 heteroatoms. The molecule has 5 nitrogen and oxygen atoms in total. The number of aromatic nitrogens is 1. The van der Waals surface area contributed by atoms with Gasteiger partial charge in [0, 0.05) is 12.6 Å². The number of carbonyl (C=O) groups is 2. The number of rotatable bonds is 7. The third-order valence-corrected chi connectivity index (χ3v) is 3.75. The van der Waals surface area contributed by atoms with Gasteiger partial charge in [-0.2, -0.15) is 0 Å². The molecule has 0 aliphatic heterocycles. The Balaban J connectivity index is 1.92. The van der Waals surface area contributed by atoms with E-state index in [9.17, 15) is 9.59 Å². The third kappa shape index (κ3) is 5.19. The van der Waals surface area contributed by atoms with Crippen LogP contribution in [0.1, 0.15) is 46.8 Å². The van der Waals surface area contributed by atoms with Crippen molar-refractivity contribution in [3.8, 4) is 0 Å². The van der Waals surface area contributed by atoms with Crippen LogP contribution < -0.4 is 10.6 Å². The van der Waals surface area contributed by atoms with E-state index in [4.69, 9.17) is 0 Å². The molecular weight excluding hydrogens is 302 g/mol. The summed E-state index contributed by atoms with van der Waals surface area (Å²) in [6.07, 6.45) is 1.59. The number of benzene rings is 1. The van der Waals surface area contributed by atoms with E-state index in [1.807, 2.05) is 44.2 Å². The average Bonchev–Trinajstić information content (AvgIpc) is 2.62. The van der Waals surface area contributed by atoms with Gasteiger partial charge in [0.15, 0.2) is 0 Å². The van der Waals surface area contributed by atoms with Crippen molar-refractivity contribution in [1.29, 1.82) is 0 Å². The number of pyridine rings is 1. The molecule has 0 spiro atoms. The topological polar surface area (TPSA) is 71.1 Å². The van der Waals surface area contributed by atoms with Crippen LogP contribution in [0.4, 0.5) is 0 Å². The number of carbonyl (C=O) groups excluding carboxylic acids is 2. The fraction of sp³-hybridized carbons (Fsp3) is 0.316. The molecular formula is C19H23N3O2. The Morgan fingerprint density at radius 1 is 1.00 bits per heavy atom. The largest absolute Gasteiger partial charge is 0.350 e. The number of amides is 2. The van der Waals surface area contributed by atoms with E-state index >= 15 is 0 Å². The van der Waals surface area contributed by atoms with Crippen molar-refractivity contribution in [1.82, 2.24) is 15.6 Å². The SMILES string of the molecule is CCC(C)NC(=O)c1cccc(C(=O)NCCc2ccccc2)n1. The van der Waals surface area contributed by atoms with E-state index in [1.54, 1.807) is 18.2 Å². The molecule has 2 rings (SSSR count). The summed E-state index contributed by atoms with van der Waals surface area (Å²) in [5.74, 6) is -0.535. The highest BCUT2D eigenvalue weighted by molar-refractivity contribution is 5.96. The molecule has 2 N–H and O–H groups in total. The molecule has 0 saturated heterocycles. The summed E-state index contributed by atoms with van der Waals surface area (Å²) in [7, 11) is 0. The number of hydrogen-bond acceptors (Lipinski definition) is 3. The molecule has 2 aromatic rings. The summed E-state index contributed by atoms with van der Waals surface area (Å²) >= 11 is 0. The van der Waals surface area contributed by atoms with E-state index in [1.165, 1.54) is 0 Å². The Morgan fingerprint density at radius 3 is 2.33 bits per heavy atom. The van der Waals surface area contributed by atoms with Gasteiger partial charge in [0.2, 0.25) is 0 Å². The molecule has 24 heavy (non-hydrogen) atoms. The molecule has 2 amide bonds. The lowest BCUT2D eigenvalue weighted by Crippen LogP contribution is -2.33. The predicted molar refractivity (Wildman–Crippen MR) is 93.9 cm³/mol. The van der Waals surface area contributed by atoms with Gasteiger partial charge in [0.05, 0.1) is 0 Å². The zero-order valence-corrected chi connectivity index (χ0v) is 14.1. The van der Waals surface area contributed by atoms with Gasteiger partial charge in [-0.15, -0.1) is 0 Å². The summed E-state index contributed by atoms with van der Waals surface area (Å²) in [6.45, 7) is 4.45. The Labute approximate surface area is 142 Å². The second-order valence-corrected chi connectivity index (χ2v) is 5.68. The fourth-order valence-electron chi connectivity index (χ4n) is 2.14. The van der Waals surface area contributed by atoms with Gasteiger partial charge in [-0.3, -0.25) is 9.59 Å². The highest BCUT2D eigenvalue weighted by atomic mass is 16.2. The van der Waals surface area contributed by atoms with Gasteiger partial charge in [-0.25, -0.2) is 4.98 Å². The van der Waals surface area contributed by atoms with Crippen LogP contribution in [0, 0.1) is 0 Å². The lowest BCUT2D eigenvalue weighted by molar-refractivity contribution is 0.0933.